The predicted molar refractivity (Wildman–Crippen MR) is 112 cm³/mol. The molecule has 0 aromatic heterocycles. The van der Waals surface area contributed by atoms with Gasteiger partial charge in [0.2, 0.25) is 15.9 Å². The minimum atomic E-state index is -3.69. The number of benzene rings is 1. The normalized spacial score (nSPS) is 15.8. The van der Waals surface area contributed by atoms with E-state index in [2.05, 4.69) is 11.4 Å². The SMILES string of the molecule is CC[C@@H](C(=O)NCCC1=CCCCC1)N(c1ccc(Cl)c(Cl)c1)S(C)(=O)=O. The van der Waals surface area contributed by atoms with Crippen LogP contribution in [0.5, 0.6) is 0 Å². The number of sulfonamides is 1. The highest BCUT2D eigenvalue weighted by atomic mass is 35.5. The molecule has 1 aromatic rings. The highest BCUT2D eigenvalue weighted by Crippen LogP contribution is 2.30. The monoisotopic (exact) mass is 432 g/mol. The molecule has 5 nitrogen and oxygen atoms in total. The van der Waals surface area contributed by atoms with Crippen LogP contribution in [0.15, 0.2) is 29.8 Å². The Bertz CT molecular complexity index is 809. The molecule has 1 N–H and O–H groups in total. The molecule has 1 atom stereocenters. The number of anilines is 1. The van der Waals surface area contributed by atoms with Crippen LogP contribution in [-0.2, 0) is 14.8 Å². The number of nitrogens with one attached hydrogen (secondary N) is 1. The molecule has 0 aliphatic heterocycles. The van der Waals surface area contributed by atoms with Gasteiger partial charge in [0.25, 0.3) is 0 Å². The van der Waals surface area contributed by atoms with Crippen LogP contribution in [0.3, 0.4) is 0 Å². The third-order valence-corrected chi connectivity index (χ3v) is 6.54. The lowest BCUT2D eigenvalue weighted by atomic mass is 9.97. The molecule has 1 aliphatic rings. The molecular weight excluding hydrogens is 407 g/mol. The van der Waals surface area contributed by atoms with Crippen molar-refractivity contribution in [3.8, 4) is 0 Å². The topological polar surface area (TPSA) is 66.5 Å². The molecule has 1 aliphatic carbocycles. The van der Waals surface area contributed by atoms with Crippen molar-refractivity contribution in [2.75, 3.05) is 17.1 Å². The zero-order valence-electron chi connectivity index (χ0n) is 15.7. The van der Waals surface area contributed by atoms with E-state index in [-0.39, 0.29) is 10.9 Å². The number of carbonyl (C=O) groups is 1. The number of hydrogen-bond acceptors (Lipinski definition) is 3. The molecule has 0 unspecified atom stereocenters. The van der Waals surface area contributed by atoms with E-state index < -0.39 is 16.1 Å². The van der Waals surface area contributed by atoms with Crippen molar-refractivity contribution in [1.29, 1.82) is 0 Å². The number of allylic oxidation sites excluding steroid dienone is 1. The maximum absolute atomic E-state index is 12.7. The fourth-order valence-corrected chi connectivity index (χ4v) is 4.77. The van der Waals surface area contributed by atoms with Gasteiger partial charge in [-0.1, -0.05) is 41.8 Å². The minimum Gasteiger partial charge on any atom is -0.354 e. The lowest BCUT2D eigenvalue weighted by Crippen LogP contribution is -2.49. The maximum Gasteiger partial charge on any atom is 0.243 e. The second kappa shape index (κ2) is 9.80. The van der Waals surface area contributed by atoms with Crippen molar-refractivity contribution in [2.45, 2.75) is 51.5 Å². The van der Waals surface area contributed by atoms with Gasteiger partial charge in [-0.2, -0.15) is 0 Å². The van der Waals surface area contributed by atoms with Gasteiger partial charge in [0.05, 0.1) is 22.0 Å². The number of hydrogen-bond donors (Lipinski definition) is 1. The van der Waals surface area contributed by atoms with Crippen molar-refractivity contribution in [3.63, 3.8) is 0 Å². The van der Waals surface area contributed by atoms with E-state index in [1.54, 1.807) is 13.0 Å². The van der Waals surface area contributed by atoms with E-state index in [1.807, 2.05) is 0 Å². The van der Waals surface area contributed by atoms with E-state index in [4.69, 9.17) is 23.2 Å². The summed E-state index contributed by atoms with van der Waals surface area (Å²) < 4.78 is 25.9. The van der Waals surface area contributed by atoms with E-state index in [0.29, 0.717) is 23.7 Å². The van der Waals surface area contributed by atoms with Crippen LogP contribution in [0.2, 0.25) is 10.0 Å². The van der Waals surface area contributed by atoms with Crippen molar-refractivity contribution in [3.05, 3.63) is 39.9 Å². The number of nitrogens with zero attached hydrogens (tertiary/aromatic N) is 1. The molecule has 150 valence electrons. The number of amides is 1. The van der Waals surface area contributed by atoms with Gasteiger partial charge >= 0.3 is 0 Å². The molecule has 0 bridgehead atoms. The maximum atomic E-state index is 12.7. The third-order valence-electron chi connectivity index (χ3n) is 4.62. The molecule has 0 saturated carbocycles. The van der Waals surface area contributed by atoms with E-state index in [1.165, 1.54) is 30.5 Å². The zero-order chi connectivity index (χ0) is 20.0. The van der Waals surface area contributed by atoms with Gasteiger partial charge in [-0.25, -0.2) is 8.42 Å². The molecule has 0 heterocycles. The quantitative estimate of drug-likeness (QED) is 0.612. The minimum absolute atomic E-state index is 0.238. The Morgan fingerprint density at radius 1 is 1.26 bits per heavy atom. The third kappa shape index (κ3) is 6.13. The van der Waals surface area contributed by atoms with Crippen LogP contribution in [0.25, 0.3) is 0 Å². The molecule has 27 heavy (non-hydrogen) atoms. The van der Waals surface area contributed by atoms with E-state index in [9.17, 15) is 13.2 Å². The molecule has 2 rings (SSSR count). The first-order valence-corrected chi connectivity index (χ1v) is 11.7. The highest BCUT2D eigenvalue weighted by Gasteiger charge is 2.31. The molecular formula is C19H26Cl2N2O3S. The summed E-state index contributed by atoms with van der Waals surface area (Å²) in [4.78, 5) is 12.7. The molecule has 1 aromatic carbocycles. The van der Waals surface area contributed by atoms with Gasteiger partial charge in [-0.15, -0.1) is 0 Å². The van der Waals surface area contributed by atoms with Gasteiger partial charge in [-0.05, 0) is 56.7 Å². The first kappa shape index (κ1) is 22.1. The van der Waals surface area contributed by atoms with Gasteiger partial charge in [-0.3, -0.25) is 9.10 Å². The standard InChI is InChI=1S/C19H26Cl2N2O3S/c1-3-18(19(24)22-12-11-14-7-5-4-6-8-14)23(27(2,25)26)15-9-10-16(20)17(21)13-15/h7,9-10,13,18H,3-6,8,11-12H2,1-2H3,(H,22,24)/t18-/m0/s1. The molecule has 8 heteroatoms. The summed E-state index contributed by atoms with van der Waals surface area (Å²) in [5.41, 5.74) is 1.68. The lowest BCUT2D eigenvalue weighted by Gasteiger charge is -2.30. The van der Waals surface area contributed by atoms with Gasteiger partial charge in [0.15, 0.2) is 0 Å². The van der Waals surface area contributed by atoms with Gasteiger partial charge in [0.1, 0.15) is 6.04 Å². The second-order valence-electron chi connectivity index (χ2n) is 6.73. The lowest BCUT2D eigenvalue weighted by molar-refractivity contribution is -0.122. The molecule has 1 amide bonds. The summed E-state index contributed by atoms with van der Waals surface area (Å²) >= 11 is 12.0. The summed E-state index contributed by atoms with van der Waals surface area (Å²) in [6.45, 7) is 2.28. The Hall–Kier alpha value is -1.24. The number of carbonyl (C=O) groups excluding carboxylic acids is 1. The van der Waals surface area contributed by atoms with Crippen LogP contribution in [0, 0.1) is 0 Å². The fraction of sp³-hybridized carbons (Fsp3) is 0.526. The van der Waals surface area contributed by atoms with Crippen LogP contribution in [0.4, 0.5) is 5.69 Å². The Kier molecular flexibility index (Phi) is 8.01. The average Bonchev–Trinajstić information content (AvgIpc) is 2.62. The molecule has 0 fully saturated rings. The van der Waals surface area contributed by atoms with Crippen LogP contribution in [0.1, 0.15) is 45.4 Å². The smallest absolute Gasteiger partial charge is 0.243 e. The van der Waals surface area contributed by atoms with Gasteiger partial charge < -0.3 is 5.32 Å². The van der Waals surface area contributed by atoms with E-state index in [0.717, 1.165) is 29.8 Å². The first-order valence-electron chi connectivity index (χ1n) is 9.14. The van der Waals surface area contributed by atoms with Crippen molar-refractivity contribution < 1.29 is 13.2 Å². The van der Waals surface area contributed by atoms with E-state index >= 15 is 0 Å². The summed E-state index contributed by atoms with van der Waals surface area (Å²) in [6.07, 6.45) is 9.04. The van der Waals surface area contributed by atoms with Crippen molar-refractivity contribution in [1.82, 2.24) is 5.32 Å². The zero-order valence-corrected chi connectivity index (χ0v) is 18.0. The van der Waals surface area contributed by atoms with Crippen molar-refractivity contribution >= 4 is 44.8 Å². The Morgan fingerprint density at radius 2 is 2.00 bits per heavy atom. The Labute approximate surface area is 171 Å². The number of rotatable bonds is 8. The molecule has 0 radical (unpaired) electrons. The second-order valence-corrected chi connectivity index (χ2v) is 9.40. The van der Waals surface area contributed by atoms with Crippen molar-refractivity contribution in [2.24, 2.45) is 0 Å². The average molecular weight is 433 g/mol. The predicted octanol–water partition coefficient (Wildman–Crippen LogP) is 4.54. The summed E-state index contributed by atoms with van der Waals surface area (Å²) in [5.74, 6) is -0.314. The Balaban J connectivity index is 2.15. The Morgan fingerprint density at radius 3 is 2.56 bits per heavy atom. The highest BCUT2D eigenvalue weighted by molar-refractivity contribution is 7.92. The molecule has 0 spiro atoms. The largest absolute Gasteiger partial charge is 0.354 e. The summed E-state index contributed by atoms with van der Waals surface area (Å²) in [6, 6.07) is 3.70. The molecule has 0 saturated heterocycles. The van der Waals surface area contributed by atoms with Crippen LogP contribution in [-0.4, -0.2) is 33.2 Å². The van der Waals surface area contributed by atoms with Crippen LogP contribution >= 0.6 is 23.2 Å². The summed E-state index contributed by atoms with van der Waals surface area (Å²) in [5, 5.41) is 3.45. The number of halogens is 2. The summed E-state index contributed by atoms with van der Waals surface area (Å²) in [7, 11) is -3.69. The fourth-order valence-electron chi connectivity index (χ4n) is 3.28. The van der Waals surface area contributed by atoms with Gasteiger partial charge in [0, 0.05) is 6.54 Å². The van der Waals surface area contributed by atoms with Crippen LogP contribution < -0.4 is 9.62 Å². The first-order chi connectivity index (χ1) is 12.7.